The molecule has 4 heterocycles. The van der Waals surface area contributed by atoms with Crippen LogP contribution in [0.4, 0.5) is 5.69 Å². The van der Waals surface area contributed by atoms with Crippen molar-refractivity contribution in [1.82, 2.24) is 19.9 Å². The van der Waals surface area contributed by atoms with Crippen molar-refractivity contribution in [2.75, 3.05) is 31.1 Å². The second kappa shape index (κ2) is 7.88. The van der Waals surface area contributed by atoms with Gasteiger partial charge in [-0.2, -0.15) is 5.26 Å². The molecule has 152 valence electrons. The number of aromatic amines is 1. The lowest BCUT2D eigenvalue weighted by Gasteiger charge is -2.37. The van der Waals surface area contributed by atoms with Crippen LogP contribution in [-0.4, -0.2) is 52.1 Å². The summed E-state index contributed by atoms with van der Waals surface area (Å²) in [4.78, 5) is 29.3. The number of benzene rings is 1. The van der Waals surface area contributed by atoms with Crippen LogP contribution < -0.4 is 10.5 Å². The highest BCUT2D eigenvalue weighted by Crippen LogP contribution is 2.30. The van der Waals surface area contributed by atoms with Gasteiger partial charge in [-0.25, -0.2) is 9.97 Å². The Morgan fingerprint density at radius 3 is 2.67 bits per heavy atom. The number of rotatable bonds is 3. The molecule has 3 aromatic rings. The van der Waals surface area contributed by atoms with Gasteiger partial charge in [0.05, 0.1) is 22.8 Å². The van der Waals surface area contributed by atoms with Crippen LogP contribution in [0.1, 0.15) is 36.7 Å². The lowest BCUT2D eigenvalue weighted by atomic mass is 10.0. The number of nitrogens with one attached hydrogen (secondary N) is 1. The van der Waals surface area contributed by atoms with E-state index in [9.17, 15) is 4.79 Å². The van der Waals surface area contributed by atoms with Crippen LogP contribution in [0.25, 0.3) is 10.9 Å². The first kappa shape index (κ1) is 18.8. The molecule has 7 heteroatoms. The molecule has 1 unspecified atom stereocenters. The van der Waals surface area contributed by atoms with E-state index in [-0.39, 0.29) is 11.5 Å². The predicted molar refractivity (Wildman–Crippen MR) is 115 cm³/mol. The van der Waals surface area contributed by atoms with E-state index >= 15 is 0 Å². The van der Waals surface area contributed by atoms with Gasteiger partial charge in [0.2, 0.25) is 0 Å². The fraction of sp³-hybridized carbons (Fsp3) is 0.391. The van der Waals surface area contributed by atoms with Crippen molar-refractivity contribution in [1.29, 1.82) is 5.26 Å². The van der Waals surface area contributed by atoms with Crippen molar-refractivity contribution < 1.29 is 0 Å². The van der Waals surface area contributed by atoms with Crippen LogP contribution >= 0.6 is 0 Å². The number of fused-ring (bicyclic) bond motifs is 1. The molecule has 1 atom stereocenters. The van der Waals surface area contributed by atoms with Crippen LogP contribution in [0, 0.1) is 11.3 Å². The third-order valence-electron chi connectivity index (χ3n) is 6.45. The van der Waals surface area contributed by atoms with Gasteiger partial charge in [0, 0.05) is 31.6 Å². The molecule has 30 heavy (non-hydrogen) atoms. The van der Waals surface area contributed by atoms with E-state index in [1.54, 1.807) is 12.3 Å². The normalized spacial score (nSPS) is 20.5. The van der Waals surface area contributed by atoms with Gasteiger partial charge in [-0.15, -0.1) is 0 Å². The minimum absolute atomic E-state index is 0.0432. The summed E-state index contributed by atoms with van der Waals surface area (Å²) in [6.07, 6.45) is 5.04. The number of piperidine rings is 1. The van der Waals surface area contributed by atoms with E-state index in [0.29, 0.717) is 17.1 Å². The molecular weight excluding hydrogens is 376 g/mol. The number of para-hydroxylation sites is 1. The summed E-state index contributed by atoms with van der Waals surface area (Å²) in [5.74, 6) is 1.10. The molecule has 2 aliphatic rings. The first-order chi connectivity index (χ1) is 14.7. The molecule has 7 nitrogen and oxygen atoms in total. The Balaban J connectivity index is 1.23. The van der Waals surface area contributed by atoms with E-state index in [0.717, 1.165) is 62.5 Å². The number of hydrogen-bond acceptors (Lipinski definition) is 6. The summed E-state index contributed by atoms with van der Waals surface area (Å²) in [7, 11) is 0. The Hall–Kier alpha value is -3.24. The second-order valence-electron chi connectivity index (χ2n) is 8.18. The average Bonchev–Trinajstić information content (AvgIpc) is 3.30. The van der Waals surface area contributed by atoms with Crippen molar-refractivity contribution in [3.63, 3.8) is 0 Å². The predicted octanol–water partition coefficient (Wildman–Crippen LogP) is 2.65. The average molecular weight is 400 g/mol. The number of hydrogen-bond donors (Lipinski definition) is 1. The Kier molecular flexibility index (Phi) is 4.93. The molecule has 2 fully saturated rings. The third-order valence-corrected chi connectivity index (χ3v) is 6.45. The van der Waals surface area contributed by atoms with Gasteiger partial charge in [0.1, 0.15) is 17.6 Å². The highest BCUT2D eigenvalue weighted by atomic mass is 16.1. The Morgan fingerprint density at radius 2 is 1.90 bits per heavy atom. The van der Waals surface area contributed by atoms with E-state index < -0.39 is 0 Å². The summed E-state index contributed by atoms with van der Waals surface area (Å²) >= 11 is 0. The zero-order valence-electron chi connectivity index (χ0n) is 16.8. The van der Waals surface area contributed by atoms with Crippen molar-refractivity contribution >= 4 is 16.6 Å². The molecule has 5 rings (SSSR count). The number of nitriles is 1. The SMILES string of the molecule is N#Cc1ccc(N2CCC(N3CCC(c4nc5ccccc5c(=O)[nH]4)C3)CC2)cn1. The summed E-state index contributed by atoms with van der Waals surface area (Å²) in [6, 6.07) is 13.9. The zero-order valence-corrected chi connectivity index (χ0v) is 16.8. The van der Waals surface area contributed by atoms with E-state index in [1.165, 1.54) is 0 Å². The van der Waals surface area contributed by atoms with Crippen molar-refractivity contribution in [3.05, 3.63) is 64.5 Å². The quantitative estimate of drug-likeness (QED) is 0.727. The number of pyridine rings is 1. The highest BCUT2D eigenvalue weighted by Gasteiger charge is 2.32. The number of aromatic nitrogens is 3. The molecule has 1 aromatic carbocycles. The third kappa shape index (κ3) is 3.55. The molecule has 0 amide bonds. The van der Waals surface area contributed by atoms with E-state index in [1.807, 2.05) is 30.3 Å². The van der Waals surface area contributed by atoms with Crippen LogP contribution in [0.2, 0.25) is 0 Å². The topological polar surface area (TPSA) is 88.9 Å². The fourth-order valence-electron chi connectivity index (χ4n) is 4.77. The van der Waals surface area contributed by atoms with Crippen molar-refractivity contribution in [2.24, 2.45) is 0 Å². The summed E-state index contributed by atoms with van der Waals surface area (Å²) < 4.78 is 0. The molecule has 2 saturated heterocycles. The number of anilines is 1. The lowest BCUT2D eigenvalue weighted by molar-refractivity contribution is 0.205. The number of likely N-dealkylation sites (tertiary alicyclic amines) is 1. The minimum atomic E-state index is -0.0432. The van der Waals surface area contributed by atoms with E-state index in [4.69, 9.17) is 10.2 Å². The van der Waals surface area contributed by atoms with Gasteiger partial charge in [-0.1, -0.05) is 12.1 Å². The van der Waals surface area contributed by atoms with Crippen LogP contribution in [0.5, 0.6) is 0 Å². The fourth-order valence-corrected chi connectivity index (χ4v) is 4.77. The molecule has 0 aliphatic carbocycles. The molecule has 1 N–H and O–H groups in total. The smallest absolute Gasteiger partial charge is 0.258 e. The van der Waals surface area contributed by atoms with E-state index in [2.05, 4.69) is 25.8 Å². The van der Waals surface area contributed by atoms with Gasteiger partial charge in [0.15, 0.2) is 0 Å². The molecule has 0 bridgehead atoms. The molecule has 2 aliphatic heterocycles. The lowest BCUT2D eigenvalue weighted by Crippen LogP contribution is -2.44. The molecule has 0 saturated carbocycles. The Morgan fingerprint density at radius 1 is 1.07 bits per heavy atom. The van der Waals surface area contributed by atoms with Gasteiger partial charge in [0.25, 0.3) is 5.56 Å². The van der Waals surface area contributed by atoms with Crippen molar-refractivity contribution in [2.45, 2.75) is 31.2 Å². The maximum Gasteiger partial charge on any atom is 0.258 e. The summed E-state index contributed by atoms with van der Waals surface area (Å²) in [5.41, 5.74) is 2.28. The number of nitrogens with zero attached hydrogens (tertiary/aromatic N) is 5. The zero-order chi connectivity index (χ0) is 20.5. The van der Waals surface area contributed by atoms with Gasteiger partial charge >= 0.3 is 0 Å². The number of H-pyrrole nitrogens is 1. The molecule has 0 radical (unpaired) electrons. The first-order valence-electron chi connectivity index (χ1n) is 10.6. The van der Waals surface area contributed by atoms with Gasteiger partial charge in [-0.05, 0) is 50.1 Å². The largest absolute Gasteiger partial charge is 0.370 e. The standard InChI is InChI=1S/C23H24N6O/c24-13-17-5-6-19(14-25-17)28-11-8-18(9-12-28)29-10-7-16(15-29)22-26-21-4-2-1-3-20(21)23(30)27-22/h1-6,14,16,18H,7-12,15H2,(H,26,27,30). The van der Waals surface area contributed by atoms with Crippen molar-refractivity contribution in [3.8, 4) is 6.07 Å². The second-order valence-corrected chi connectivity index (χ2v) is 8.18. The van der Waals surface area contributed by atoms with Crippen LogP contribution in [-0.2, 0) is 0 Å². The minimum Gasteiger partial charge on any atom is -0.370 e. The van der Waals surface area contributed by atoms with Gasteiger partial charge in [-0.3, -0.25) is 9.69 Å². The van der Waals surface area contributed by atoms with Crippen LogP contribution in [0.15, 0.2) is 47.4 Å². The summed E-state index contributed by atoms with van der Waals surface area (Å²) in [5, 5.41) is 9.56. The Bertz CT molecular complexity index is 1140. The Labute approximate surface area is 175 Å². The van der Waals surface area contributed by atoms with Gasteiger partial charge < -0.3 is 9.88 Å². The van der Waals surface area contributed by atoms with Crippen LogP contribution in [0.3, 0.4) is 0 Å². The first-order valence-corrected chi connectivity index (χ1v) is 10.6. The monoisotopic (exact) mass is 400 g/mol. The summed E-state index contributed by atoms with van der Waals surface area (Å²) in [6.45, 7) is 3.98. The molecule has 0 spiro atoms. The highest BCUT2D eigenvalue weighted by molar-refractivity contribution is 5.77. The molecular formula is C23H24N6O. The maximum absolute atomic E-state index is 12.4. The molecule has 2 aromatic heterocycles. The maximum atomic E-state index is 12.4.